The predicted octanol–water partition coefficient (Wildman–Crippen LogP) is 4.52. The Morgan fingerprint density at radius 1 is 1.07 bits per heavy atom. The van der Waals surface area contributed by atoms with Crippen molar-refractivity contribution in [3.63, 3.8) is 0 Å². The summed E-state index contributed by atoms with van der Waals surface area (Å²) in [4.78, 5) is 29.7. The third kappa shape index (κ3) is 4.03. The highest BCUT2D eigenvalue weighted by molar-refractivity contribution is 6.06. The summed E-state index contributed by atoms with van der Waals surface area (Å²) >= 11 is 0. The van der Waals surface area contributed by atoms with Gasteiger partial charge in [-0.3, -0.25) is 9.78 Å². The molecule has 0 bridgehead atoms. The molecule has 0 saturated carbocycles. The molecule has 1 amide bonds. The van der Waals surface area contributed by atoms with Crippen molar-refractivity contribution in [3.8, 4) is 0 Å². The molecule has 0 saturated heterocycles. The maximum atomic E-state index is 12.8. The summed E-state index contributed by atoms with van der Waals surface area (Å²) in [6, 6.07) is 13.2. The molecular weight excluding hydrogens is 352 g/mol. The minimum absolute atomic E-state index is 0.344. The van der Waals surface area contributed by atoms with Crippen LogP contribution < -0.4 is 5.32 Å². The van der Waals surface area contributed by atoms with Gasteiger partial charge in [0, 0.05) is 16.8 Å². The first-order valence-electron chi connectivity index (χ1n) is 9.33. The molecule has 28 heavy (non-hydrogen) atoms. The van der Waals surface area contributed by atoms with Gasteiger partial charge in [0.15, 0.2) is 6.61 Å². The van der Waals surface area contributed by atoms with E-state index in [1.807, 2.05) is 70.2 Å². The fourth-order valence-corrected chi connectivity index (χ4v) is 3.31. The van der Waals surface area contributed by atoms with Crippen molar-refractivity contribution in [3.05, 3.63) is 70.4 Å². The number of carbonyl (C=O) groups is 2. The highest BCUT2D eigenvalue weighted by atomic mass is 16.5. The van der Waals surface area contributed by atoms with Crippen LogP contribution in [0.15, 0.2) is 42.5 Å². The smallest absolute Gasteiger partial charge is 0.339 e. The molecule has 5 heteroatoms. The second-order valence-corrected chi connectivity index (χ2v) is 6.87. The number of carbonyl (C=O) groups excluding carboxylic acids is 2. The lowest BCUT2D eigenvalue weighted by atomic mass is 10.0. The average molecular weight is 376 g/mol. The van der Waals surface area contributed by atoms with Gasteiger partial charge in [0.25, 0.3) is 5.91 Å². The zero-order valence-corrected chi connectivity index (χ0v) is 16.6. The van der Waals surface area contributed by atoms with E-state index in [4.69, 9.17) is 4.74 Å². The maximum Gasteiger partial charge on any atom is 0.339 e. The lowest BCUT2D eigenvalue weighted by Gasteiger charge is -2.13. The van der Waals surface area contributed by atoms with Gasteiger partial charge in [0.2, 0.25) is 0 Å². The fraction of sp³-hybridized carbons (Fsp3) is 0.261. The molecule has 0 aliphatic heterocycles. The van der Waals surface area contributed by atoms with Gasteiger partial charge >= 0.3 is 5.97 Å². The van der Waals surface area contributed by atoms with Crippen LogP contribution in [-0.2, 0) is 16.0 Å². The quantitative estimate of drug-likeness (QED) is 0.665. The van der Waals surface area contributed by atoms with Gasteiger partial charge in [-0.05, 0) is 50.5 Å². The number of hydrogen-bond donors (Lipinski definition) is 1. The number of fused-ring (bicyclic) bond motifs is 1. The number of anilines is 1. The number of benzene rings is 2. The highest BCUT2D eigenvalue weighted by Crippen LogP contribution is 2.24. The van der Waals surface area contributed by atoms with Crippen molar-refractivity contribution >= 4 is 28.5 Å². The predicted molar refractivity (Wildman–Crippen MR) is 111 cm³/mol. The van der Waals surface area contributed by atoms with Gasteiger partial charge < -0.3 is 10.1 Å². The number of rotatable bonds is 5. The van der Waals surface area contributed by atoms with Crippen LogP contribution in [0.2, 0.25) is 0 Å². The minimum atomic E-state index is -0.512. The van der Waals surface area contributed by atoms with E-state index in [-0.39, 0.29) is 12.5 Å². The van der Waals surface area contributed by atoms with E-state index < -0.39 is 5.97 Å². The van der Waals surface area contributed by atoms with E-state index in [9.17, 15) is 9.59 Å². The fourth-order valence-electron chi connectivity index (χ4n) is 3.31. The zero-order valence-electron chi connectivity index (χ0n) is 16.6. The maximum absolute atomic E-state index is 12.8. The van der Waals surface area contributed by atoms with Gasteiger partial charge in [-0.15, -0.1) is 0 Å². The van der Waals surface area contributed by atoms with E-state index >= 15 is 0 Å². The van der Waals surface area contributed by atoms with E-state index in [2.05, 4.69) is 10.3 Å². The summed E-state index contributed by atoms with van der Waals surface area (Å²) in [6.45, 7) is 7.44. The van der Waals surface area contributed by atoms with E-state index in [1.165, 1.54) is 0 Å². The number of aryl methyl sites for hydroxylation is 3. The lowest BCUT2D eigenvalue weighted by Crippen LogP contribution is -2.22. The normalized spacial score (nSPS) is 10.7. The summed E-state index contributed by atoms with van der Waals surface area (Å²) < 4.78 is 5.34. The lowest BCUT2D eigenvalue weighted by molar-refractivity contribution is -0.119. The molecular formula is C23H24N2O3. The van der Waals surface area contributed by atoms with Crippen LogP contribution in [0.1, 0.15) is 39.7 Å². The summed E-state index contributed by atoms with van der Waals surface area (Å²) in [6.07, 6.45) is 0.712. The standard InChI is InChI=1S/C23H24N2O3/c1-5-18-16(4)22(17-8-6-7-9-20(17)24-18)23(27)28-13-21(26)25-19-11-10-14(2)12-15(19)3/h6-12H,5,13H2,1-4H3,(H,25,26). The number of ether oxygens (including phenoxy) is 1. The third-order valence-electron chi connectivity index (χ3n) is 4.77. The average Bonchev–Trinajstić information content (AvgIpc) is 2.68. The highest BCUT2D eigenvalue weighted by Gasteiger charge is 2.19. The second-order valence-electron chi connectivity index (χ2n) is 6.87. The number of aromatic nitrogens is 1. The largest absolute Gasteiger partial charge is 0.452 e. The Hall–Kier alpha value is -3.21. The first kappa shape index (κ1) is 19.5. The van der Waals surface area contributed by atoms with E-state index in [0.717, 1.165) is 33.3 Å². The minimum Gasteiger partial charge on any atom is -0.452 e. The van der Waals surface area contributed by atoms with E-state index in [0.29, 0.717) is 17.7 Å². The summed E-state index contributed by atoms with van der Waals surface area (Å²) in [5.74, 6) is -0.881. The van der Waals surface area contributed by atoms with Crippen LogP contribution >= 0.6 is 0 Å². The number of nitrogens with zero attached hydrogens (tertiary/aromatic N) is 1. The topological polar surface area (TPSA) is 68.3 Å². The Kier molecular flexibility index (Phi) is 5.73. The van der Waals surface area contributed by atoms with Crippen LogP contribution in [-0.4, -0.2) is 23.5 Å². The zero-order chi connectivity index (χ0) is 20.3. The van der Waals surface area contributed by atoms with E-state index in [1.54, 1.807) is 0 Å². The third-order valence-corrected chi connectivity index (χ3v) is 4.77. The number of nitrogens with one attached hydrogen (secondary N) is 1. The van der Waals surface area contributed by atoms with Crippen LogP contribution in [0.25, 0.3) is 10.9 Å². The molecule has 144 valence electrons. The summed E-state index contributed by atoms with van der Waals surface area (Å²) in [7, 11) is 0. The Morgan fingerprint density at radius 2 is 1.82 bits per heavy atom. The van der Waals surface area contributed by atoms with Crippen molar-refractivity contribution in [1.29, 1.82) is 0 Å². The first-order valence-corrected chi connectivity index (χ1v) is 9.33. The number of para-hydroxylation sites is 1. The molecule has 0 spiro atoms. The van der Waals surface area contributed by atoms with Crippen molar-refractivity contribution in [1.82, 2.24) is 4.98 Å². The van der Waals surface area contributed by atoms with Gasteiger partial charge in [-0.2, -0.15) is 0 Å². The molecule has 0 radical (unpaired) electrons. The number of amides is 1. The van der Waals surface area contributed by atoms with Crippen LogP contribution in [0.5, 0.6) is 0 Å². The van der Waals surface area contributed by atoms with Crippen LogP contribution in [0, 0.1) is 20.8 Å². The molecule has 0 aliphatic carbocycles. The molecule has 0 aliphatic rings. The molecule has 0 unspecified atom stereocenters. The molecule has 5 nitrogen and oxygen atoms in total. The molecule has 0 atom stereocenters. The summed E-state index contributed by atoms with van der Waals surface area (Å²) in [5, 5.41) is 3.52. The Bertz CT molecular complexity index is 1060. The molecule has 1 aromatic heterocycles. The Labute approximate surface area is 164 Å². The summed E-state index contributed by atoms with van der Waals surface area (Å²) in [5.41, 5.74) is 5.66. The van der Waals surface area contributed by atoms with Crippen molar-refractivity contribution < 1.29 is 14.3 Å². The number of hydrogen-bond acceptors (Lipinski definition) is 4. The second kappa shape index (κ2) is 8.21. The van der Waals surface area contributed by atoms with Crippen molar-refractivity contribution in [2.24, 2.45) is 0 Å². The molecule has 3 aromatic rings. The molecule has 1 heterocycles. The molecule has 2 aromatic carbocycles. The SMILES string of the molecule is CCc1nc2ccccc2c(C(=O)OCC(=O)Nc2ccc(C)cc2C)c1C. The van der Waals surface area contributed by atoms with Gasteiger partial charge in [-0.1, -0.05) is 42.8 Å². The monoisotopic (exact) mass is 376 g/mol. The number of pyridine rings is 1. The first-order chi connectivity index (χ1) is 13.4. The number of esters is 1. The Balaban J connectivity index is 1.78. The van der Waals surface area contributed by atoms with Crippen LogP contribution in [0.4, 0.5) is 5.69 Å². The molecule has 3 rings (SSSR count). The van der Waals surface area contributed by atoms with Gasteiger partial charge in [-0.25, -0.2) is 4.79 Å². The molecule has 0 fully saturated rings. The van der Waals surface area contributed by atoms with Gasteiger partial charge in [0.05, 0.1) is 11.1 Å². The van der Waals surface area contributed by atoms with Gasteiger partial charge in [0.1, 0.15) is 0 Å². The van der Waals surface area contributed by atoms with Crippen LogP contribution in [0.3, 0.4) is 0 Å². The van der Waals surface area contributed by atoms with Crippen molar-refractivity contribution in [2.75, 3.05) is 11.9 Å². The Morgan fingerprint density at radius 3 is 2.54 bits per heavy atom. The molecule has 1 N–H and O–H groups in total. The van der Waals surface area contributed by atoms with Crippen molar-refractivity contribution in [2.45, 2.75) is 34.1 Å².